The highest BCUT2D eigenvalue weighted by Crippen LogP contribution is 2.57. The van der Waals surface area contributed by atoms with Crippen molar-refractivity contribution in [1.82, 2.24) is 0 Å². The van der Waals surface area contributed by atoms with Crippen LogP contribution in [0.25, 0.3) is 0 Å². The normalized spacial score (nSPS) is 28.3. The molecule has 1 aliphatic heterocycles. The van der Waals surface area contributed by atoms with Crippen molar-refractivity contribution < 1.29 is 36.2 Å². The molecule has 8 heteroatoms. The highest BCUT2D eigenvalue weighted by Gasteiger charge is 2.56. The summed E-state index contributed by atoms with van der Waals surface area (Å²) in [7, 11) is 1.28. The number of carbonyl (C=O) groups is 1. The van der Waals surface area contributed by atoms with Gasteiger partial charge in [-0.15, -0.1) is 0 Å². The fourth-order valence-electron chi connectivity index (χ4n) is 5.13. The number of ether oxygens (including phenoxy) is 2. The van der Waals surface area contributed by atoms with Crippen molar-refractivity contribution in [3.63, 3.8) is 0 Å². The summed E-state index contributed by atoms with van der Waals surface area (Å²) in [6.07, 6.45) is -3.42. The van der Waals surface area contributed by atoms with E-state index in [9.17, 15) is 26.7 Å². The van der Waals surface area contributed by atoms with Crippen molar-refractivity contribution in [2.24, 2.45) is 5.92 Å². The van der Waals surface area contributed by atoms with Crippen LogP contribution in [0, 0.1) is 17.6 Å². The lowest BCUT2D eigenvalue weighted by Crippen LogP contribution is -2.35. The Morgan fingerprint density at radius 1 is 1.13 bits per heavy atom. The standard InChI is InChI=1S/C23H21F5O3/c1-30-21(29)17-8-9-22(20(17)13-2-5-16(24)6-3-13)11-14(12-31-22)18-10-15(23(26,27)28)4-7-19(18)25/h2-7,10,14,17,20H,8-9,11-12H2,1H3/t14-,17+,20-,22-/m1/s1. The molecule has 1 saturated carbocycles. The second-order valence-corrected chi connectivity index (χ2v) is 8.21. The van der Waals surface area contributed by atoms with E-state index in [-0.39, 0.29) is 18.6 Å². The first kappa shape index (κ1) is 21.7. The molecule has 2 fully saturated rings. The Kier molecular flexibility index (Phi) is 5.54. The number of methoxy groups -OCH3 is 1. The summed E-state index contributed by atoms with van der Waals surface area (Å²) in [5, 5.41) is 0. The van der Waals surface area contributed by atoms with Crippen LogP contribution in [0.1, 0.15) is 47.8 Å². The second kappa shape index (κ2) is 7.89. The highest BCUT2D eigenvalue weighted by atomic mass is 19.4. The van der Waals surface area contributed by atoms with Gasteiger partial charge in [0.2, 0.25) is 0 Å². The molecule has 0 unspecified atom stereocenters. The Bertz CT molecular complexity index is 972. The zero-order chi connectivity index (χ0) is 22.4. The lowest BCUT2D eigenvalue weighted by molar-refractivity contribution is -0.147. The third-order valence-electron chi connectivity index (χ3n) is 6.51. The monoisotopic (exact) mass is 440 g/mol. The van der Waals surface area contributed by atoms with Crippen molar-refractivity contribution in [2.75, 3.05) is 13.7 Å². The van der Waals surface area contributed by atoms with Gasteiger partial charge in [0.05, 0.1) is 30.8 Å². The van der Waals surface area contributed by atoms with Gasteiger partial charge in [0.1, 0.15) is 11.6 Å². The predicted octanol–water partition coefficient (Wildman–Crippen LogP) is 5.59. The van der Waals surface area contributed by atoms with Gasteiger partial charge in [0, 0.05) is 11.8 Å². The minimum atomic E-state index is -4.58. The second-order valence-electron chi connectivity index (χ2n) is 8.21. The van der Waals surface area contributed by atoms with E-state index in [2.05, 4.69) is 0 Å². The SMILES string of the molecule is COC(=O)[C@H]1CC[C@@]2(C[C@@H](c3cc(C(F)(F)F)ccc3F)CO2)[C@@H]1c1ccc(F)cc1. The van der Waals surface area contributed by atoms with Gasteiger partial charge in [-0.25, -0.2) is 8.78 Å². The summed E-state index contributed by atoms with van der Waals surface area (Å²) in [5.41, 5.74) is -1.16. The van der Waals surface area contributed by atoms with Crippen molar-refractivity contribution >= 4 is 5.97 Å². The molecule has 0 radical (unpaired) electrons. The smallest absolute Gasteiger partial charge is 0.416 e. The molecule has 2 aromatic rings. The molecular formula is C23H21F5O3. The van der Waals surface area contributed by atoms with E-state index in [0.29, 0.717) is 24.5 Å². The van der Waals surface area contributed by atoms with Gasteiger partial charge >= 0.3 is 12.1 Å². The van der Waals surface area contributed by atoms with E-state index in [1.54, 1.807) is 12.1 Å². The number of benzene rings is 2. The van der Waals surface area contributed by atoms with Crippen LogP contribution in [0.5, 0.6) is 0 Å². The first-order chi connectivity index (χ1) is 14.6. The Labute approximate surface area is 176 Å². The van der Waals surface area contributed by atoms with E-state index in [1.165, 1.54) is 19.2 Å². The molecule has 2 aliphatic rings. The molecule has 2 aromatic carbocycles. The van der Waals surface area contributed by atoms with Crippen molar-refractivity contribution in [3.05, 3.63) is 70.8 Å². The average molecular weight is 440 g/mol. The molecule has 4 atom stereocenters. The zero-order valence-corrected chi connectivity index (χ0v) is 16.7. The molecule has 0 bridgehead atoms. The number of hydrogen-bond donors (Lipinski definition) is 0. The van der Waals surface area contributed by atoms with Gasteiger partial charge in [0.15, 0.2) is 0 Å². The highest BCUT2D eigenvalue weighted by molar-refractivity contribution is 5.74. The van der Waals surface area contributed by atoms with Crippen molar-refractivity contribution in [1.29, 1.82) is 0 Å². The Morgan fingerprint density at radius 3 is 2.48 bits per heavy atom. The van der Waals surface area contributed by atoms with Gasteiger partial charge < -0.3 is 9.47 Å². The number of carbonyl (C=O) groups excluding carboxylic acids is 1. The first-order valence-corrected chi connectivity index (χ1v) is 9.98. The number of hydrogen-bond acceptors (Lipinski definition) is 3. The summed E-state index contributed by atoms with van der Waals surface area (Å²) in [6.45, 7) is 0.0316. The molecule has 31 heavy (non-hydrogen) atoms. The van der Waals surface area contributed by atoms with Crippen LogP contribution in [-0.4, -0.2) is 25.3 Å². The summed E-state index contributed by atoms with van der Waals surface area (Å²) >= 11 is 0. The van der Waals surface area contributed by atoms with Crippen LogP contribution in [-0.2, 0) is 20.4 Å². The maximum Gasteiger partial charge on any atom is 0.416 e. The van der Waals surface area contributed by atoms with Crippen LogP contribution in [0.4, 0.5) is 22.0 Å². The maximum atomic E-state index is 14.5. The lowest BCUT2D eigenvalue weighted by atomic mass is 9.76. The van der Waals surface area contributed by atoms with Gasteiger partial charge in [0.25, 0.3) is 0 Å². The molecule has 4 rings (SSSR count). The van der Waals surface area contributed by atoms with Crippen molar-refractivity contribution in [3.8, 4) is 0 Å². The van der Waals surface area contributed by atoms with E-state index < -0.39 is 52.7 Å². The molecule has 1 aliphatic carbocycles. The van der Waals surface area contributed by atoms with Gasteiger partial charge in [-0.2, -0.15) is 13.2 Å². The first-order valence-electron chi connectivity index (χ1n) is 9.98. The van der Waals surface area contributed by atoms with Gasteiger partial charge in [-0.05, 0) is 60.7 Å². The minimum absolute atomic E-state index is 0.0316. The number of esters is 1. The van der Waals surface area contributed by atoms with E-state index in [4.69, 9.17) is 9.47 Å². The molecule has 1 saturated heterocycles. The van der Waals surface area contributed by atoms with E-state index >= 15 is 0 Å². The minimum Gasteiger partial charge on any atom is -0.469 e. The molecule has 166 valence electrons. The third-order valence-corrected chi connectivity index (χ3v) is 6.51. The Balaban J connectivity index is 1.69. The van der Waals surface area contributed by atoms with E-state index in [0.717, 1.165) is 12.1 Å². The van der Waals surface area contributed by atoms with Crippen LogP contribution in [0.2, 0.25) is 0 Å². The van der Waals surface area contributed by atoms with Crippen LogP contribution >= 0.6 is 0 Å². The third kappa shape index (κ3) is 3.93. The Morgan fingerprint density at radius 2 is 1.84 bits per heavy atom. The zero-order valence-electron chi connectivity index (χ0n) is 16.7. The molecule has 3 nitrogen and oxygen atoms in total. The summed E-state index contributed by atoms with van der Waals surface area (Å²) < 4.78 is 78.4. The fourth-order valence-corrected chi connectivity index (χ4v) is 5.13. The van der Waals surface area contributed by atoms with Crippen LogP contribution in [0.15, 0.2) is 42.5 Å². The topological polar surface area (TPSA) is 35.5 Å². The summed E-state index contributed by atoms with van der Waals surface area (Å²) in [6, 6.07) is 8.10. The maximum absolute atomic E-state index is 14.5. The largest absolute Gasteiger partial charge is 0.469 e. The number of halogens is 5. The summed E-state index contributed by atoms with van der Waals surface area (Å²) in [5.74, 6) is -3.19. The van der Waals surface area contributed by atoms with Crippen LogP contribution < -0.4 is 0 Å². The fraction of sp³-hybridized carbons (Fsp3) is 0.435. The number of alkyl halides is 3. The molecule has 0 amide bonds. The quantitative estimate of drug-likeness (QED) is 0.461. The average Bonchev–Trinajstić information content (AvgIpc) is 3.32. The van der Waals surface area contributed by atoms with Gasteiger partial charge in [-0.3, -0.25) is 4.79 Å². The molecular weight excluding hydrogens is 419 g/mol. The Hall–Kier alpha value is -2.48. The molecule has 1 spiro atoms. The van der Waals surface area contributed by atoms with Crippen molar-refractivity contribution in [2.45, 2.75) is 42.9 Å². The number of rotatable bonds is 3. The summed E-state index contributed by atoms with van der Waals surface area (Å²) in [4.78, 5) is 12.4. The van der Waals surface area contributed by atoms with Crippen LogP contribution in [0.3, 0.4) is 0 Å². The van der Waals surface area contributed by atoms with Gasteiger partial charge in [-0.1, -0.05) is 12.1 Å². The molecule has 0 aromatic heterocycles. The lowest BCUT2D eigenvalue weighted by Gasteiger charge is -2.33. The van der Waals surface area contributed by atoms with E-state index in [1.807, 2.05) is 0 Å². The molecule has 0 N–H and O–H groups in total. The molecule has 1 heterocycles. The predicted molar refractivity (Wildman–Crippen MR) is 101 cm³/mol.